The topological polar surface area (TPSA) is 79.5 Å². The first-order valence-electron chi connectivity index (χ1n) is 8.67. The lowest BCUT2D eigenvalue weighted by atomic mass is 9.92. The number of nitrogens with one attached hydrogen (secondary N) is 3. The molecule has 1 aromatic rings. The fraction of sp³-hybridized carbons (Fsp3) is 0.588. The highest BCUT2D eigenvalue weighted by Gasteiger charge is 2.25. The molecule has 0 aromatic heterocycles. The van der Waals surface area contributed by atoms with Crippen LogP contribution in [0.25, 0.3) is 0 Å². The van der Waals surface area contributed by atoms with Gasteiger partial charge in [-0.05, 0) is 44.0 Å². The van der Waals surface area contributed by atoms with Crippen molar-refractivity contribution < 1.29 is 13.2 Å². The summed E-state index contributed by atoms with van der Waals surface area (Å²) >= 11 is 5.49. The highest BCUT2D eigenvalue weighted by Crippen LogP contribution is 2.31. The maximum atomic E-state index is 11.3. The van der Waals surface area contributed by atoms with Gasteiger partial charge in [0.1, 0.15) is 5.75 Å². The van der Waals surface area contributed by atoms with Crippen LogP contribution in [0.1, 0.15) is 43.7 Å². The van der Waals surface area contributed by atoms with Gasteiger partial charge in [0, 0.05) is 24.1 Å². The molecule has 0 amide bonds. The fourth-order valence-corrected chi connectivity index (χ4v) is 4.69. The Morgan fingerprint density at radius 2 is 1.76 bits per heavy atom. The minimum absolute atomic E-state index is 0.0388. The molecule has 3 rings (SSSR count). The Morgan fingerprint density at radius 1 is 1.08 bits per heavy atom. The number of sulfonamides is 1. The quantitative estimate of drug-likeness (QED) is 0.689. The lowest BCUT2D eigenvalue weighted by Gasteiger charge is -2.32. The molecule has 0 spiro atoms. The Labute approximate surface area is 154 Å². The Hall–Kier alpha value is -1.38. The molecule has 1 aromatic carbocycles. The maximum Gasteiger partial charge on any atom is 0.208 e. The second-order valence-corrected chi connectivity index (χ2v) is 8.97. The van der Waals surface area contributed by atoms with E-state index in [1.54, 1.807) is 0 Å². The third kappa shape index (κ3) is 5.29. The van der Waals surface area contributed by atoms with Crippen molar-refractivity contribution in [3.05, 3.63) is 29.8 Å². The van der Waals surface area contributed by atoms with E-state index in [1.165, 1.54) is 6.26 Å². The van der Waals surface area contributed by atoms with Gasteiger partial charge in [0.25, 0.3) is 0 Å². The predicted molar refractivity (Wildman–Crippen MR) is 102 cm³/mol. The van der Waals surface area contributed by atoms with Crippen LogP contribution >= 0.6 is 12.2 Å². The van der Waals surface area contributed by atoms with E-state index >= 15 is 0 Å². The number of ether oxygens (including phenoxy) is 1. The molecule has 1 fully saturated rings. The molecule has 25 heavy (non-hydrogen) atoms. The van der Waals surface area contributed by atoms with E-state index in [0.717, 1.165) is 43.4 Å². The summed E-state index contributed by atoms with van der Waals surface area (Å²) in [6.45, 7) is 0.680. The van der Waals surface area contributed by atoms with E-state index in [0.29, 0.717) is 11.7 Å². The van der Waals surface area contributed by atoms with Crippen molar-refractivity contribution in [2.24, 2.45) is 0 Å². The van der Waals surface area contributed by atoms with Crippen molar-refractivity contribution in [2.45, 2.75) is 50.2 Å². The molecule has 3 N–H and O–H groups in total. The first kappa shape index (κ1) is 18.4. The van der Waals surface area contributed by atoms with E-state index < -0.39 is 10.0 Å². The van der Waals surface area contributed by atoms with Crippen molar-refractivity contribution in [3.63, 3.8) is 0 Å². The zero-order valence-electron chi connectivity index (χ0n) is 14.3. The van der Waals surface area contributed by atoms with Gasteiger partial charge in [-0.1, -0.05) is 18.2 Å². The van der Waals surface area contributed by atoms with E-state index in [1.807, 2.05) is 18.2 Å². The summed E-state index contributed by atoms with van der Waals surface area (Å²) in [5, 5.41) is 7.44. The maximum absolute atomic E-state index is 11.3. The van der Waals surface area contributed by atoms with Crippen LogP contribution in [0.2, 0.25) is 0 Å². The molecule has 8 heteroatoms. The molecule has 138 valence electrons. The minimum atomic E-state index is -3.13. The second-order valence-electron chi connectivity index (χ2n) is 6.78. The van der Waals surface area contributed by atoms with E-state index in [2.05, 4.69) is 21.4 Å². The standard InChI is InChI=1S/C17H25N3O3S2/c1-25(21,22)20-13-8-6-12(7-9-13)18-17(24)19-15-10-11-23-16-5-3-2-4-14(15)16/h2-5,12-13,15,20H,6-11H2,1H3,(H2,18,19,24). The monoisotopic (exact) mass is 383 g/mol. The average Bonchev–Trinajstić information content (AvgIpc) is 2.56. The van der Waals surface area contributed by atoms with Crippen LogP contribution in [0, 0.1) is 0 Å². The molecule has 1 saturated carbocycles. The Kier molecular flexibility index (Phi) is 5.81. The number of rotatable bonds is 4. The number of hydrogen-bond acceptors (Lipinski definition) is 4. The molecule has 1 aliphatic heterocycles. The van der Waals surface area contributed by atoms with Gasteiger partial charge in [0.05, 0.1) is 18.9 Å². The van der Waals surface area contributed by atoms with Gasteiger partial charge in [-0.3, -0.25) is 0 Å². The third-order valence-corrected chi connectivity index (χ3v) is 5.70. The first-order chi connectivity index (χ1) is 11.9. The molecule has 6 nitrogen and oxygen atoms in total. The number of hydrogen-bond donors (Lipinski definition) is 3. The second kappa shape index (κ2) is 7.88. The predicted octanol–water partition coefficient (Wildman–Crippen LogP) is 1.83. The molecule has 1 atom stereocenters. The Balaban J connectivity index is 1.48. The van der Waals surface area contributed by atoms with E-state index in [-0.39, 0.29) is 18.1 Å². The van der Waals surface area contributed by atoms with Gasteiger partial charge in [-0.25, -0.2) is 13.1 Å². The van der Waals surface area contributed by atoms with Gasteiger partial charge >= 0.3 is 0 Å². The fourth-order valence-electron chi connectivity index (χ4n) is 3.54. The van der Waals surface area contributed by atoms with Crippen molar-refractivity contribution in [1.82, 2.24) is 15.4 Å². The molecular weight excluding hydrogens is 358 g/mol. The van der Waals surface area contributed by atoms with E-state index in [9.17, 15) is 8.42 Å². The number of benzene rings is 1. The van der Waals surface area contributed by atoms with Crippen molar-refractivity contribution >= 4 is 27.4 Å². The van der Waals surface area contributed by atoms with Gasteiger partial charge in [0.2, 0.25) is 10.0 Å². The number of para-hydroxylation sites is 1. The lowest BCUT2D eigenvalue weighted by molar-refractivity contribution is 0.261. The zero-order valence-corrected chi connectivity index (χ0v) is 16.0. The molecule has 0 radical (unpaired) electrons. The van der Waals surface area contributed by atoms with Crippen LogP contribution in [0.3, 0.4) is 0 Å². The summed E-state index contributed by atoms with van der Waals surface area (Å²) in [7, 11) is -3.13. The summed E-state index contributed by atoms with van der Waals surface area (Å²) in [4.78, 5) is 0. The zero-order chi connectivity index (χ0) is 17.9. The molecule has 1 aliphatic carbocycles. The normalized spacial score (nSPS) is 26.2. The summed E-state index contributed by atoms with van der Waals surface area (Å²) in [5.74, 6) is 0.918. The van der Waals surface area contributed by atoms with Crippen molar-refractivity contribution in [1.29, 1.82) is 0 Å². The van der Waals surface area contributed by atoms with Crippen molar-refractivity contribution in [3.8, 4) is 5.75 Å². The molecule has 1 unspecified atom stereocenters. The summed E-state index contributed by atoms with van der Waals surface area (Å²) in [6.07, 6.45) is 5.55. The lowest BCUT2D eigenvalue weighted by Crippen LogP contribution is -2.47. The van der Waals surface area contributed by atoms with Gasteiger partial charge in [-0.15, -0.1) is 0 Å². The van der Waals surface area contributed by atoms with Crippen LogP contribution in [0.15, 0.2) is 24.3 Å². The average molecular weight is 384 g/mol. The molecule has 0 saturated heterocycles. The van der Waals surface area contributed by atoms with Crippen LogP contribution in [0.5, 0.6) is 5.75 Å². The van der Waals surface area contributed by atoms with Crippen LogP contribution in [-0.2, 0) is 10.0 Å². The highest BCUT2D eigenvalue weighted by atomic mass is 32.2. The van der Waals surface area contributed by atoms with E-state index in [4.69, 9.17) is 17.0 Å². The Bertz CT molecular complexity index is 716. The van der Waals surface area contributed by atoms with Crippen LogP contribution < -0.4 is 20.1 Å². The van der Waals surface area contributed by atoms with Gasteiger partial charge in [-0.2, -0.15) is 0 Å². The summed E-state index contributed by atoms with van der Waals surface area (Å²) in [5.41, 5.74) is 1.14. The highest BCUT2D eigenvalue weighted by molar-refractivity contribution is 7.88. The smallest absolute Gasteiger partial charge is 0.208 e. The first-order valence-corrected chi connectivity index (χ1v) is 11.0. The van der Waals surface area contributed by atoms with Gasteiger partial charge < -0.3 is 15.4 Å². The van der Waals surface area contributed by atoms with Crippen molar-refractivity contribution in [2.75, 3.05) is 12.9 Å². The number of fused-ring (bicyclic) bond motifs is 1. The largest absolute Gasteiger partial charge is 0.493 e. The summed E-state index contributed by atoms with van der Waals surface area (Å²) < 4.78 is 31.0. The summed E-state index contributed by atoms with van der Waals surface area (Å²) in [6, 6.07) is 8.51. The SMILES string of the molecule is CS(=O)(=O)NC1CCC(NC(=S)NC2CCOc3ccccc32)CC1. The Morgan fingerprint density at radius 3 is 2.48 bits per heavy atom. The number of thiocarbonyl (C=S) groups is 1. The minimum Gasteiger partial charge on any atom is -0.493 e. The van der Waals surface area contributed by atoms with Crippen LogP contribution in [-0.4, -0.2) is 38.5 Å². The molecular formula is C17H25N3O3S2. The van der Waals surface area contributed by atoms with Gasteiger partial charge in [0.15, 0.2) is 5.11 Å². The third-order valence-electron chi connectivity index (χ3n) is 4.71. The molecule has 1 heterocycles. The molecule has 2 aliphatic rings. The van der Waals surface area contributed by atoms with Crippen LogP contribution in [0.4, 0.5) is 0 Å². The molecule has 0 bridgehead atoms.